The van der Waals surface area contributed by atoms with Crippen LogP contribution in [0.15, 0.2) is 82.7 Å². The van der Waals surface area contributed by atoms with Crippen molar-refractivity contribution < 1.29 is 32.3 Å². The van der Waals surface area contributed by atoms with Gasteiger partial charge in [0.15, 0.2) is 0 Å². The van der Waals surface area contributed by atoms with Crippen LogP contribution in [0.1, 0.15) is 49.7 Å². The molecule has 2 atom stereocenters. The van der Waals surface area contributed by atoms with Crippen LogP contribution in [-0.4, -0.2) is 85.1 Å². The summed E-state index contributed by atoms with van der Waals surface area (Å²) < 4.78 is 56.9. The highest BCUT2D eigenvalue weighted by atomic mass is 35.5. The van der Waals surface area contributed by atoms with E-state index in [1.54, 1.807) is 46.9 Å². The molecule has 4 heterocycles. The molecule has 16 nitrogen and oxygen atoms in total. The summed E-state index contributed by atoms with van der Waals surface area (Å²) in [7, 11) is 3.85. The highest BCUT2D eigenvalue weighted by Gasteiger charge is 2.34. The second-order valence-electron chi connectivity index (χ2n) is 12.3. The van der Waals surface area contributed by atoms with Crippen molar-refractivity contribution in [1.82, 2.24) is 34.2 Å². The zero-order valence-corrected chi connectivity index (χ0v) is 30.9. The van der Waals surface area contributed by atoms with Gasteiger partial charge in [0.25, 0.3) is 0 Å². The maximum atomic E-state index is 14.4. The summed E-state index contributed by atoms with van der Waals surface area (Å²) >= 11 is 5.76. The molecule has 2 fully saturated rings. The Morgan fingerprint density at radius 3 is 1.78 bits per heavy atom. The van der Waals surface area contributed by atoms with E-state index in [-0.39, 0.29) is 42.3 Å². The molecule has 2 aliphatic rings. The number of amides is 2. The van der Waals surface area contributed by atoms with Gasteiger partial charge in [-0.3, -0.25) is 9.59 Å². The summed E-state index contributed by atoms with van der Waals surface area (Å²) in [6, 6.07) is 4.56. The third-order valence-electron chi connectivity index (χ3n) is 8.07. The molecule has 0 saturated carbocycles. The number of aliphatic hydroxyl groups is 1. The second-order valence-corrected chi connectivity index (χ2v) is 12.7. The standard InChI is InChI=1S/C14H12F2N6O.C11H10F2N4O2.C6H12ClN.C3H4N2/c15-11-2-1-10(13(16)14(11)19-20-17)9-5-12(23)22(6-9)8-21-4-3-18-7-21;12-8-2-1-7(10(13)11(8)15-16-14)6-3-9(19)17(4-6)5-18;1-5(2)6(7)8(3)4;1-2-5-3-4-1/h1-4,7,9H,5-6,8H2;1-2,6,18H,3-5H2;1-4H3;1-3H,(H,4,5). The molecule has 55 heavy (non-hydrogen) atoms. The number of nitrogens with zero attached hydrogens (tertiary/aromatic N) is 12. The lowest BCUT2D eigenvalue weighted by molar-refractivity contribution is -0.131. The number of hydrogen-bond acceptors (Lipinski definition) is 8. The van der Waals surface area contributed by atoms with E-state index < -0.39 is 53.2 Å². The van der Waals surface area contributed by atoms with E-state index in [0.29, 0.717) is 13.2 Å². The van der Waals surface area contributed by atoms with Crippen LogP contribution in [0, 0.1) is 23.3 Å². The predicted octanol–water partition coefficient (Wildman–Crippen LogP) is 7.70. The van der Waals surface area contributed by atoms with E-state index >= 15 is 0 Å². The van der Waals surface area contributed by atoms with Gasteiger partial charge in [-0.15, -0.1) is 0 Å². The maximum absolute atomic E-state index is 14.4. The van der Waals surface area contributed by atoms with Gasteiger partial charge in [-0.05, 0) is 53.7 Å². The third kappa shape index (κ3) is 12.0. The number of rotatable bonds is 8. The monoisotopic (exact) mass is 787 g/mol. The molecule has 0 bridgehead atoms. The Balaban J connectivity index is 0.000000226. The number of carbonyl (C=O) groups excluding carboxylic acids is 2. The smallest absolute Gasteiger partial charge is 0.225 e. The Morgan fingerprint density at radius 2 is 1.44 bits per heavy atom. The lowest BCUT2D eigenvalue weighted by Crippen LogP contribution is -2.27. The number of carbonyl (C=O) groups is 2. The van der Waals surface area contributed by atoms with Crippen LogP contribution in [0.3, 0.4) is 0 Å². The SMILES string of the molecule is CC(C)=C(Cl)N(C)C.[N-]=[N+]=Nc1c(F)ccc(C2CC(=O)N(CO)C2)c1F.[N-]=[N+]=Nc1c(F)ccc(C2CC(=O)N(Cn3ccnc3)C2)c1F.c1c[nH]cn1. The molecule has 4 aromatic rings. The molecule has 2 saturated heterocycles. The Bertz CT molecular complexity index is 2010. The number of imidazole rings is 2. The van der Waals surface area contributed by atoms with E-state index in [9.17, 15) is 27.2 Å². The number of likely N-dealkylation sites (tertiary alicyclic amines) is 2. The molecule has 0 aliphatic carbocycles. The van der Waals surface area contributed by atoms with Gasteiger partial charge in [0.1, 0.15) is 46.5 Å². The first kappa shape index (κ1) is 43.3. The minimum absolute atomic E-state index is 0.0266. The molecular weight excluding hydrogens is 750 g/mol. The third-order valence-corrected chi connectivity index (χ3v) is 8.78. The number of hydrogen-bond donors (Lipinski definition) is 2. The van der Waals surface area contributed by atoms with Crippen molar-refractivity contribution in [3.05, 3.63) is 128 Å². The minimum Gasteiger partial charge on any atom is -0.376 e. The fourth-order valence-electron chi connectivity index (χ4n) is 5.48. The number of benzene rings is 2. The number of aromatic nitrogens is 4. The van der Waals surface area contributed by atoms with Crippen molar-refractivity contribution in [2.75, 3.05) is 33.9 Å². The quantitative estimate of drug-likeness (QED) is 0.0601. The highest BCUT2D eigenvalue weighted by Crippen LogP contribution is 2.36. The van der Waals surface area contributed by atoms with Crippen molar-refractivity contribution >= 4 is 34.8 Å². The normalized spacial score (nSPS) is 15.7. The lowest BCUT2D eigenvalue weighted by atomic mass is 9.97. The van der Waals surface area contributed by atoms with Crippen molar-refractivity contribution in [2.45, 2.75) is 45.2 Å². The molecule has 2 N–H and O–H groups in total. The average Bonchev–Trinajstić information content (AvgIpc) is 4.00. The number of aromatic amines is 1. The number of allylic oxidation sites excluding steroid dienone is 1. The molecule has 2 unspecified atom stereocenters. The van der Waals surface area contributed by atoms with Crippen molar-refractivity contribution in [1.29, 1.82) is 0 Å². The fraction of sp³-hybridized carbons (Fsp3) is 0.353. The Labute approximate surface area is 317 Å². The van der Waals surface area contributed by atoms with Gasteiger partial charge in [0.2, 0.25) is 11.8 Å². The second kappa shape index (κ2) is 21.0. The van der Waals surface area contributed by atoms with Crippen molar-refractivity contribution in [3.8, 4) is 0 Å². The van der Waals surface area contributed by atoms with Crippen LogP contribution in [0.25, 0.3) is 20.9 Å². The summed E-state index contributed by atoms with van der Waals surface area (Å²) in [5, 5.41) is 15.8. The molecule has 2 aromatic carbocycles. The summed E-state index contributed by atoms with van der Waals surface area (Å²) in [4.78, 5) is 43.3. The van der Waals surface area contributed by atoms with Crippen LogP contribution >= 0.6 is 11.6 Å². The molecule has 2 aliphatic heterocycles. The maximum Gasteiger partial charge on any atom is 0.225 e. The molecule has 21 heteroatoms. The molecule has 2 aromatic heterocycles. The number of nitrogens with one attached hydrogen (secondary N) is 1. The largest absolute Gasteiger partial charge is 0.376 e. The van der Waals surface area contributed by atoms with Crippen molar-refractivity contribution in [3.63, 3.8) is 0 Å². The first-order valence-electron chi connectivity index (χ1n) is 16.3. The van der Waals surface area contributed by atoms with Crippen LogP contribution in [0.4, 0.5) is 28.9 Å². The molecule has 0 spiro atoms. The number of halogens is 5. The minimum atomic E-state index is -0.963. The molecule has 292 valence electrons. The van der Waals surface area contributed by atoms with E-state index in [1.807, 2.05) is 32.8 Å². The van der Waals surface area contributed by atoms with E-state index in [1.165, 1.54) is 17.0 Å². The topological polar surface area (TPSA) is 208 Å². The van der Waals surface area contributed by atoms with Crippen LogP contribution in [0.5, 0.6) is 0 Å². The van der Waals surface area contributed by atoms with Gasteiger partial charge in [0, 0.05) is 86.5 Å². The lowest BCUT2D eigenvalue weighted by Gasteiger charge is -2.17. The number of H-pyrrole nitrogens is 1. The highest BCUT2D eigenvalue weighted by molar-refractivity contribution is 6.29. The van der Waals surface area contributed by atoms with Gasteiger partial charge in [0.05, 0.1) is 19.3 Å². The van der Waals surface area contributed by atoms with E-state index in [2.05, 4.69) is 35.0 Å². The Hall–Kier alpha value is -6.07. The van der Waals surface area contributed by atoms with E-state index in [0.717, 1.165) is 22.9 Å². The van der Waals surface area contributed by atoms with Gasteiger partial charge >= 0.3 is 0 Å². The summed E-state index contributed by atoms with van der Waals surface area (Å²) in [6.07, 6.45) is 10.1. The van der Waals surface area contributed by atoms with E-state index in [4.69, 9.17) is 27.8 Å². The summed E-state index contributed by atoms with van der Waals surface area (Å²) in [6.45, 7) is 4.30. The molecule has 6 rings (SSSR count). The van der Waals surface area contributed by atoms with Gasteiger partial charge in [-0.1, -0.05) is 34.0 Å². The Morgan fingerprint density at radius 1 is 0.909 bits per heavy atom. The molecule has 0 radical (unpaired) electrons. The summed E-state index contributed by atoms with van der Waals surface area (Å²) in [5.74, 6) is -5.10. The first-order chi connectivity index (χ1) is 26.2. The van der Waals surface area contributed by atoms with Gasteiger partial charge in [-0.25, -0.2) is 27.5 Å². The van der Waals surface area contributed by atoms with Crippen LogP contribution in [-0.2, 0) is 16.3 Å². The average molecular weight is 788 g/mol. The van der Waals surface area contributed by atoms with Crippen LogP contribution < -0.4 is 0 Å². The predicted molar refractivity (Wildman–Crippen MR) is 194 cm³/mol. The van der Waals surface area contributed by atoms with Gasteiger partial charge < -0.3 is 29.4 Å². The zero-order chi connectivity index (χ0) is 40.7. The van der Waals surface area contributed by atoms with Crippen molar-refractivity contribution in [2.24, 2.45) is 10.2 Å². The summed E-state index contributed by atoms with van der Waals surface area (Å²) in [5.41, 5.74) is 16.8. The zero-order valence-electron chi connectivity index (χ0n) is 30.2. The fourth-order valence-corrected chi connectivity index (χ4v) is 5.48. The van der Waals surface area contributed by atoms with Crippen LogP contribution in [0.2, 0.25) is 0 Å². The first-order valence-corrected chi connectivity index (χ1v) is 16.7. The van der Waals surface area contributed by atoms with Gasteiger partial charge in [-0.2, -0.15) is 0 Å². The Kier molecular flexibility index (Phi) is 16.5. The molecule has 2 amide bonds. The number of azide groups is 2. The molecular formula is C34H38ClF4N13O3. The number of aliphatic hydroxyl groups excluding tert-OH is 1.